The summed E-state index contributed by atoms with van der Waals surface area (Å²) in [4.78, 5) is 32.9. The maximum absolute atomic E-state index is 12.7. The van der Waals surface area contributed by atoms with Crippen LogP contribution in [-0.4, -0.2) is 87.5 Å². The summed E-state index contributed by atoms with van der Waals surface area (Å²) in [5, 5.41) is 9.87. The second-order valence-corrected chi connectivity index (χ2v) is 8.66. The molecule has 1 aliphatic heterocycles. The lowest BCUT2D eigenvalue weighted by molar-refractivity contribution is -0.138. The summed E-state index contributed by atoms with van der Waals surface area (Å²) in [5.41, 5.74) is -0.309. The van der Waals surface area contributed by atoms with Crippen molar-refractivity contribution in [2.45, 2.75) is 57.9 Å². The van der Waals surface area contributed by atoms with Crippen LogP contribution in [-0.2, 0) is 9.59 Å². The smallest absolute Gasteiger partial charge is 0.234 e. The Hall–Kier alpha value is -1.83. The van der Waals surface area contributed by atoms with Crippen LogP contribution in [0.5, 0.6) is 0 Å². The van der Waals surface area contributed by atoms with Crippen LogP contribution in [0, 0.1) is 5.41 Å². The van der Waals surface area contributed by atoms with Crippen molar-refractivity contribution in [2.75, 3.05) is 53.9 Å². The van der Waals surface area contributed by atoms with E-state index in [-0.39, 0.29) is 17.2 Å². The maximum atomic E-state index is 12.7. The fraction of sp³-hybridized carbons (Fsp3) is 0.857. The van der Waals surface area contributed by atoms with Gasteiger partial charge in [0.1, 0.15) is 0 Å². The number of amides is 2. The zero-order valence-corrected chi connectivity index (χ0v) is 18.7. The third-order valence-corrected chi connectivity index (χ3v) is 6.11. The van der Waals surface area contributed by atoms with Gasteiger partial charge in [0.15, 0.2) is 5.96 Å². The molecule has 0 bridgehead atoms. The van der Waals surface area contributed by atoms with Crippen LogP contribution >= 0.6 is 0 Å². The van der Waals surface area contributed by atoms with Gasteiger partial charge in [-0.25, -0.2) is 0 Å². The van der Waals surface area contributed by atoms with Gasteiger partial charge in [0.25, 0.3) is 0 Å². The molecule has 0 spiro atoms. The molecule has 3 N–H and O–H groups in total. The van der Waals surface area contributed by atoms with E-state index in [4.69, 9.17) is 0 Å². The monoisotopic (exact) mass is 408 g/mol. The third-order valence-electron chi connectivity index (χ3n) is 6.11. The number of aliphatic imine (C=N–C) groups is 1. The summed E-state index contributed by atoms with van der Waals surface area (Å²) >= 11 is 0. The van der Waals surface area contributed by atoms with Crippen LogP contribution in [0.3, 0.4) is 0 Å². The SMILES string of the molecule is CCCNC(=O)CN1CCC(NC(=NC)NCC2(C(=O)N(C)C)CCCC2)CC1. The van der Waals surface area contributed by atoms with Gasteiger partial charge in [-0.3, -0.25) is 19.5 Å². The molecule has 2 aliphatic rings. The Bertz CT molecular complexity index is 564. The number of hydrogen-bond acceptors (Lipinski definition) is 4. The molecular weight excluding hydrogens is 368 g/mol. The molecule has 0 aromatic heterocycles. The van der Waals surface area contributed by atoms with Crippen molar-refractivity contribution < 1.29 is 9.59 Å². The second-order valence-electron chi connectivity index (χ2n) is 8.66. The molecule has 2 fully saturated rings. The number of carbonyl (C=O) groups is 2. The van der Waals surface area contributed by atoms with E-state index in [1.54, 1.807) is 11.9 Å². The third kappa shape index (κ3) is 6.87. The Kier molecular flexibility index (Phi) is 9.20. The van der Waals surface area contributed by atoms with Gasteiger partial charge in [-0.2, -0.15) is 0 Å². The zero-order chi connectivity index (χ0) is 21.3. The van der Waals surface area contributed by atoms with E-state index < -0.39 is 0 Å². The summed E-state index contributed by atoms with van der Waals surface area (Å²) in [6.45, 7) is 5.71. The van der Waals surface area contributed by atoms with Crippen molar-refractivity contribution in [2.24, 2.45) is 10.4 Å². The first-order valence-corrected chi connectivity index (χ1v) is 11.1. The number of hydrogen-bond donors (Lipinski definition) is 3. The van der Waals surface area contributed by atoms with E-state index in [0.717, 1.165) is 70.5 Å². The summed E-state index contributed by atoms with van der Waals surface area (Å²) in [5.74, 6) is 1.10. The fourth-order valence-corrected chi connectivity index (χ4v) is 4.39. The lowest BCUT2D eigenvalue weighted by Crippen LogP contribution is -2.53. The van der Waals surface area contributed by atoms with Gasteiger partial charge < -0.3 is 20.9 Å². The number of likely N-dealkylation sites (tertiary alicyclic amines) is 1. The fourth-order valence-electron chi connectivity index (χ4n) is 4.39. The van der Waals surface area contributed by atoms with Gasteiger partial charge in [-0.1, -0.05) is 19.8 Å². The van der Waals surface area contributed by atoms with Gasteiger partial charge in [0.2, 0.25) is 11.8 Å². The zero-order valence-electron chi connectivity index (χ0n) is 18.7. The molecular formula is C21H40N6O2. The Morgan fingerprint density at radius 1 is 1.14 bits per heavy atom. The summed E-state index contributed by atoms with van der Waals surface area (Å²) in [7, 11) is 5.45. The highest BCUT2D eigenvalue weighted by atomic mass is 16.2. The van der Waals surface area contributed by atoms with E-state index in [9.17, 15) is 9.59 Å². The Morgan fingerprint density at radius 2 is 1.79 bits per heavy atom. The van der Waals surface area contributed by atoms with E-state index >= 15 is 0 Å². The molecule has 0 aromatic rings. The van der Waals surface area contributed by atoms with E-state index in [1.807, 2.05) is 14.1 Å². The molecule has 8 nitrogen and oxygen atoms in total. The van der Waals surface area contributed by atoms with Crippen LogP contribution in [0.25, 0.3) is 0 Å². The predicted molar refractivity (Wildman–Crippen MR) is 117 cm³/mol. The van der Waals surface area contributed by atoms with Gasteiger partial charge in [-0.05, 0) is 32.1 Å². The van der Waals surface area contributed by atoms with Crippen molar-refractivity contribution in [3.8, 4) is 0 Å². The van der Waals surface area contributed by atoms with E-state index in [0.29, 0.717) is 19.1 Å². The Labute approximate surface area is 175 Å². The quantitative estimate of drug-likeness (QED) is 0.408. The number of rotatable bonds is 8. The highest BCUT2D eigenvalue weighted by Crippen LogP contribution is 2.38. The standard InChI is InChI=1S/C21H40N6O2/c1-5-12-23-18(28)15-27-13-8-17(9-14-27)25-20(22-2)24-16-21(10-6-7-11-21)19(29)26(3)4/h17H,5-16H2,1-4H3,(H,23,28)(H2,22,24,25). The summed E-state index contributed by atoms with van der Waals surface area (Å²) in [6.07, 6.45) is 7.01. The van der Waals surface area contributed by atoms with Crippen molar-refractivity contribution >= 4 is 17.8 Å². The molecule has 0 atom stereocenters. The molecule has 2 rings (SSSR count). The number of nitrogens with one attached hydrogen (secondary N) is 3. The van der Waals surface area contributed by atoms with Crippen molar-refractivity contribution in [3.63, 3.8) is 0 Å². The average Bonchev–Trinajstić information content (AvgIpc) is 3.20. The normalized spacial score (nSPS) is 20.3. The number of guanidine groups is 1. The molecule has 0 aromatic carbocycles. The molecule has 1 heterocycles. The van der Waals surface area contributed by atoms with E-state index in [2.05, 4.69) is 32.8 Å². The largest absolute Gasteiger partial charge is 0.355 e. The molecule has 0 unspecified atom stereocenters. The topological polar surface area (TPSA) is 89.1 Å². The van der Waals surface area contributed by atoms with Crippen LogP contribution in [0.1, 0.15) is 51.9 Å². The van der Waals surface area contributed by atoms with E-state index in [1.165, 1.54) is 0 Å². The Morgan fingerprint density at radius 3 is 2.34 bits per heavy atom. The maximum Gasteiger partial charge on any atom is 0.234 e. The van der Waals surface area contributed by atoms with Crippen LogP contribution in [0.2, 0.25) is 0 Å². The first-order valence-electron chi connectivity index (χ1n) is 11.1. The molecule has 1 saturated heterocycles. The molecule has 166 valence electrons. The molecule has 8 heteroatoms. The van der Waals surface area contributed by atoms with Crippen LogP contribution in [0.4, 0.5) is 0 Å². The van der Waals surface area contributed by atoms with Gasteiger partial charge in [0.05, 0.1) is 12.0 Å². The second kappa shape index (κ2) is 11.4. The average molecular weight is 409 g/mol. The van der Waals surface area contributed by atoms with Gasteiger partial charge in [0, 0.05) is 53.4 Å². The molecule has 1 aliphatic carbocycles. The highest BCUT2D eigenvalue weighted by Gasteiger charge is 2.42. The molecule has 2 amide bonds. The predicted octanol–water partition coefficient (Wildman–Crippen LogP) is 0.791. The summed E-state index contributed by atoms with van der Waals surface area (Å²) < 4.78 is 0. The minimum absolute atomic E-state index is 0.114. The van der Waals surface area contributed by atoms with Crippen LogP contribution in [0.15, 0.2) is 4.99 Å². The summed E-state index contributed by atoms with van der Waals surface area (Å²) in [6, 6.07) is 0.334. The van der Waals surface area contributed by atoms with Crippen molar-refractivity contribution in [1.82, 2.24) is 25.8 Å². The molecule has 1 saturated carbocycles. The first-order chi connectivity index (χ1) is 13.9. The van der Waals surface area contributed by atoms with Crippen LogP contribution < -0.4 is 16.0 Å². The molecule has 29 heavy (non-hydrogen) atoms. The highest BCUT2D eigenvalue weighted by molar-refractivity contribution is 5.85. The number of nitrogens with zero attached hydrogens (tertiary/aromatic N) is 3. The lowest BCUT2D eigenvalue weighted by atomic mass is 9.84. The van der Waals surface area contributed by atoms with Crippen molar-refractivity contribution in [1.29, 1.82) is 0 Å². The minimum Gasteiger partial charge on any atom is -0.355 e. The first kappa shape index (κ1) is 23.4. The molecule has 0 radical (unpaired) electrons. The number of piperidine rings is 1. The lowest BCUT2D eigenvalue weighted by Gasteiger charge is -2.34. The van der Waals surface area contributed by atoms with Crippen molar-refractivity contribution in [3.05, 3.63) is 0 Å². The Balaban J connectivity index is 1.78. The number of carbonyl (C=O) groups excluding carboxylic acids is 2. The van der Waals surface area contributed by atoms with Gasteiger partial charge >= 0.3 is 0 Å². The minimum atomic E-state index is -0.309. The van der Waals surface area contributed by atoms with Gasteiger partial charge in [-0.15, -0.1) is 0 Å².